The number of nitro groups is 1. The standard InChI is InChI=1S/C27H17N5O2S.C15H10N4S/c28-16-21(27-29-25(18-35-27)20-10-7-13-24(15-20)32(33)34)14-22-17-31(23-11-5-2-6-12-23)30-26(22)19-8-3-1-4-9-19;16-9-12(15-17-6-7-20-15)8-13-10-18-19-14(13)11-4-2-1-3-5-11/h1-15,17-18H;1-8,10H,(H,18,19)/b21-14+;12-8+. The minimum Gasteiger partial charge on any atom is -0.277 e. The van der Waals surface area contributed by atoms with Gasteiger partial charge in [0.2, 0.25) is 0 Å². The van der Waals surface area contributed by atoms with Crippen molar-refractivity contribution in [2.24, 2.45) is 0 Å². The van der Waals surface area contributed by atoms with Gasteiger partial charge in [-0.2, -0.15) is 20.7 Å². The van der Waals surface area contributed by atoms with Gasteiger partial charge >= 0.3 is 0 Å². The van der Waals surface area contributed by atoms with E-state index in [1.807, 2.05) is 109 Å². The van der Waals surface area contributed by atoms with Gasteiger partial charge in [0.1, 0.15) is 22.2 Å². The first-order valence-corrected chi connectivity index (χ1v) is 18.4. The lowest BCUT2D eigenvalue weighted by Crippen LogP contribution is -1.93. The second-order valence-electron chi connectivity index (χ2n) is 11.7. The molecule has 8 rings (SSSR count). The van der Waals surface area contributed by atoms with Crippen LogP contribution in [0.1, 0.15) is 21.1 Å². The van der Waals surface area contributed by atoms with Crippen LogP contribution in [0.5, 0.6) is 0 Å². The molecule has 0 aliphatic carbocycles. The van der Waals surface area contributed by atoms with Crippen molar-refractivity contribution in [3.8, 4) is 51.6 Å². The largest absolute Gasteiger partial charge is 0.277 e. The van der Waals surface area contributed by atoms with Gasteiger partial charge in [-0.05, 0) is 24.3 Å². The van der Waals surface area contributed by atoms with Crippen LogP contribution < -0.4 is 0 Å². The lowest BCUT2D eigenvalue weighted by Gasteiger charge is -2.00. The number of H-pyrrole nitrogens is 1. The summed E-state index contributed by atoms with van der Waals surface area (Å²) in [6.07, 6.45) is 8.89. The minimum absolute atomic E-state index is 0.00562. The Balaban J connectivity index is 0.000000197. The molecule has 0 aliphatic rings. The van der Waals surface area contributed by atoms with Gasteiger partial charge in [-0.25, -0.2) is 14.6 Å². The first-order chi connectivity index (χ1) is 27.0. The number of nitrogens with zero attached hydrogens (tertiary/aromatic N) is 8. The van der Waals surface area contributed by atoms with Crippen molar-refractivity contribution >= 4 is 51.7 Å². The number of hydrogen-bond donors (Lipinski definition) is 1. The number of non-ortho nitro benzene ring substituents is 1. The molecule has 1 N–H and O–H groups in total. The summed E-state index contributed by atoms with van der Waals surface area (Å²) in [5.74, 6) is 0. The number of allylic oxidation sites excluding steroid dienone is 2. The number of rotatable bonds is 9. The second-order valence-corrected chi connectivity index (χ2v) is 13.4. The molecule has 0 fully saturated rings. The van der Waals surface area contributed by atoms with Gasteiger partial charge in [-0.15, -0.1) is 22.7 Å². The SMILES string of the molecule is N#C/C(=C\c1cn(-c2ccccc2)nc1-c1ccccc1)c1nc(-c2cccc([N+](=O)[O-])c2)cs1.N#C/C(=C\c1cn[nH]c1-c1ccccc1)c1nccs1. The fourth-order valence-electron chi connectivity index (χ4n) is 5.53. The quantitative estimate of drug-likeness (QED) is 0.0864. The van der Waals surface area contributed by atoms with E-state index in [0.717, 1.165) is 39.3 Å². The van der Waals surface area contributed by atoms with Gasteiger partial charge in [0.05, 0.1) is 45.0 Å². The van der Waals surface area contributed by atoms with Crippen LogP contribution in [0.3, 0.4) is 0 Å². The number of aromatic amines is 1. The summed E-state index contributed by atoms with van der Waals surface area (Å²) in [5, 5.41) is 47.1. The van der Waals surface area contributed by atoms with Crippen LogP contribution >= 0.6 is 22.7 Å². The number of para-hydroxylation sites is 1. The fraction of sp³-hybridized carbons (Fsp3) is 0. The molecule has 0 amide bonds. The maximum atomic E-state index is 11.1. The third-order valence-corrected chi connectivity index (χ3v) is 9.81. The zero-order valence-electron chi connectivity index (χ0n) is 28.7. The van der Waals surface area contributed by atoms with Gasteiger partial charge in [0.15, 0.2) is 0 Å². The average molecular weight is 754 g/mol. The molecule has 8 aromatic rings. The van der Waals surface area contributed by atoms with Crippen molar-refractivity contribution < 1.29 is 4.92 Å². The van der Waals surface area contributed by atoms with Crippen LogP contribution in [0, 0.1) is 32.8 Å². The van der Waals surface area contributed by atoms with Crippen molar-refractivity contribution in [3.05, 3.63) is 176 Å². The number of aromatic nitrogens is 6. The molecule has 13 heteroatoms. The maximum absolute atomic E-state index is 11.1. The highest BCUT2D eigenvalue weighted by Gasteiger charge is 2.16. The Kier molecular flexibility index (Phi) is 11.0. The normalized spacial score (nSPS) is 11.2. The third-order valence-electron chi connectivity index (χ3n) is 8.13. The number of nitrogens with one attached hydrogen (secondary N) is 1. The molecule has 0 atom stereocenters. The Morgan fingerprint density at radius 3 is 2.11 bits per heavy atom. The Hall–Kier alpha value is -7.58. The first kappa shape index (κ1) is 35.8. The van der Waals surface area contributed by atoms with Crippen LogP contribution in [0.25, 0.3) is 62.8 Å². The zero-order valence-corrected chi connectivity index (χ0v) is 30.4. The Morgan fingerprint density at radius 1 is 0.782 bits per heavy atom. The van der Waals surface area contributed by atoms with E-state index >= 15 is 0 Å². The Labute approximate surface area is 323 Å². The summed E-state index contributed by atoms with van der Waals surface area (Å²) in [6, 6.07) is 40.2. The number of nitro benzene ring substituents is 1. The second kappa shape index (κ2) is 16.8. The third kappa shape index (κ3) is 8.40. The molecular formula is C42H27N9O2S2. The number of nitriles is 2. The molecule has 264 valence electrons. The molecular weight excluding hydrogens is 727 g/mol. The van der Waals surface area contributed by atoms with Crippen LogP contribution in [-0.4, -0.2) is 34.9 Å². The molecule has 4 aromatic carbocycles. The molecule has 4 aromatic heterocycles. The predicted octanol–water partition coefficient (Wildman–Crippen LogP) is 10.2. The molecule has 11 nitrogen and oxygen atoms in total. The topological polar surface area (TPSA) is 163 Å². The number of hydrogen-bond acceptors (Lipinski definition) is 10. The van der Waals surface area contributed by atoms with E-state index in [2.05, 4.69) is 32.3 Å². The van der Waals surface area contributed by atoms with E-state index in [-0.39, 0.29) is 5.69 Å². The van der Waals surface area contributed by atoms with Gasteiger partial charge in [0, 0.05) is 63.1 Å². The Morgan fingerprint density at radius 2 is 1.44 bits per heavy atom. The predicted molar refractivity (Wildman–Crippen MR) is 216 cm³/mol. The fourth-order valence-corrected chi connectivity index (χ4v) is 6.93. The summed E-state index contributed by atoms with van der Waals surface area (Å²) in [4.78, 5) is 19.5. The van der Waals surface area contributed by atoms with Crippen LogP contribution in [0.4, 0.5) is 5.69 Å². The summed E-state index contributed by atoms with van der Waals surface area (Å²) in [7, 11) is 0. The van der Waals surface area contributed by atoms with Crippen molar-refractivity contribution in [2.45, 2.75) is 0 Å². The maximum Gasteiger partial charge on any atom is 0.270 e. The molecule has 0 aliphatic heterocycles. The van der Waals surface area contributed by atoms with E-state index in [9.17, 15) is 20.6 Å². The van der Waals surface area contributed by atoms with Crippen molar-refractivity contribution in [3.63, 3.8) is 0 Å². The zero-order chi connectivity index (χ0) is 38.0. The minimum atomic E-state index is -0.438. The van der Waals surface area contributed by atoms with Gasteiger partial charge in [-0.1, -0.05) is 91.0 Å². The van der Waals surface area contributed by atoms with Crippen molar-refractivity contribution in [1.82, 2.24) is 29.9 Å². The summed E-state index contributed by atoms with van der Waals surface area (Å²) in [6.45, 7) is 0. The van der Waals surface area contributed by atoms with E-state index in [1.165, 1.54) is 34.8 Å². The molecule has 0 saturated carbocycles. The smallest absolute Gasteiger partial charge is 0.270 e. The molecule has 0 radical (unpaired) electrons. The van der Waals surface area contributed by atoms with Crippen molar-refractivity contribution in [1.29, 1.82) is 10.5 Å². The monoisotopic (exact) mass is 753 g/mol. The highest BCUT2D eigenvalue weighted by Crippen LogP contribution is 2.32. The molecule has 0 bridgehead atoms. The van der Waals surface area contributed by atoms with Crippen LogP contribution in [0.15, 0.2) is 145 Å². The van der Waals surface area contributed by atoms with Gasteiger partial charge in [-0.3, -0.25) is 15.2 Å². The summed E-state index contributed by atoms with van der Waals surface area (Å²) < 4.78 is 1.79. The number of benzene rings is 4. The van der Waals surface area contributed by atoms with Crippen molar-refractivity contribution in [2.75, 3.05) is 0 Å². The average Bonchev–Trinajstić information content (AvgIpc) is 4.08. The first-order valence-electron chi connectivity index (χ1n) is 16.6. The lowest BCUT2D eigenvalue weighted by molar-refractivity contribution is -0.384. The Bertz CT molecular complexity index is 2700. The van der Waals surface area contributed by atoms with Gasteiger partial charge in [0.25, 0.3) is 5.69 Å². The van der Waals surface area contributed by atoms with Crippen LogP contribution in [-0.2, 0) is 0 Å². The molecule has 0 unspecified atom stereocenters. The lowest BCUT2D eigenvalue weighted by atomic mass is 10.1. The van der Waals surface area contributed by atoms with E-state index in [4.69, 9.17) is 5.10 Å². The molecule has 0 saturated heterocycles. The highest BCUT2D eigenvalue weighted by atomic mass is 32.1. The van der Waals surface area contributed by atoms with Gasteiger partial charge < -0.3 is 0 Å². The van der Waals surface area contributed by atoms with E-state index in [1.54, 1.807) is 40.7 Å². The number of thiazole rings is 2. The molecule has 4 heterocycles. The molecule has 55 heavy (non-hydrogen) atoms. The van der Waals surface area contributed by atoms with E-state index < -0.39 is 4.92 Å². The molecule has 0 spiro atoms. The summed E-state index contributed by atoms with van der Waals surface area (Å²) >= 11 is 2.76. The van der Waals surface area contributed by atoms with E-state index in [0.29, 0.717) is 32.4 Å². The highest BCUT2D eigenvalue weighted by molar-refractivity contribution is 7.11. The summed E-state index contributed by atoms with van der Waals surface area (Å²) in [5.41, 5.74) is 8.31. The van der Waals surface area contributed by atoms with Crippen LogP contribution in [0.2, 0.25) is 0 Å².